The predicted octanol–water partition coefficient (Wildman–Crippen LogP) is 1.71. The van der Waals surface area contributed by atoms with Crippen molar-refractivity contribution in [3.05, 3.63) is 0 Å². The Morgan fingerprint density at radius 2 is 1.50 bits per heavy atom. The molecule has 0 saturated heterocycles. The first-order valence-electron chi connectivity index (χ1n) is 1.06. The predicted molar refractivity (Wildman–Crippen MR) is 26.4 cm³/mol. The second kappa shape index (κ2) is 2.54. The first-order chi connectivity index (χ1) is 2.56. The normalized spacial score (nSPS) is 11.3. The molecule has 4 heteroatoms. The summed E-state index contributed by atoms with van der Waals surface area (Å²) in [6.07, 6.45) is 0. The molecule has 0 aromatic rings. The quantitative estimate of drug-likeness (QED) is 0.400. The molecule has 0 amide bonds. The molecule has 0 spiro atoms. The molecule has 0 aromatic carbocycles. The van der Waals surface area contributed by atoms with Crippen LogP contribution in [0.2, 0.25) is 0 Å². The molecule has 0 atom stereocenters. The average molecular weight is 187 g/mol. The molecule has 38 valence electrons. The van der Waals surface area contributed by atoms with Gasteiger partial charge in [0.25, 0.3) is 0 Å². The Kier molecular flexibility index (Phi) is 3.07. The van der Waals surface area contributed by atoms with Gasteiger partial charge in [-0.2, -0.15) is 0 Å². The van der Waals surface area contributed by atoms with Crippen molar-refractivity contribution in [1.29, 1.82) is 0 Å². The third-order valence-electron chi connectivity index (χ3n) is 0.116. The minimum atomic E-state index is -1.28. The van der Waals surface area contributed by atoms with Crippen LogP contribution in [0.25, 0.3) is 0 Å². The van der Waals surface area contributed by atoms with Crippen LogP contribution in [-0.4, -0.2) is 8.71 Å². The van der Waals surface area contributed by atoms with Crippen molar-refractivity contribution in [3.8, 4) is 0 Å². The monoisotopic (exact) mass is 186 g/mol. The van der Waals surface area contributed by atoms with Crippen LogP contribution >= 0.6 is 34.8 Å². The number of rotatable bonds is 0. The van der Waals surface area contributed by atoms with Gasteiger partial charge in [0, 0.05) is 0 Å². The SMILES string of the molecule is ClC(Cl)(Cl)[CH]=[Fe]. The van der Waals surface area contributed by atoms with Gasteiger partial charge in [-0.05, 0) is 0 Å². The van der Waals surface area contributed by atoms with E-state index in [1.807, 2.05) is 0 Å². The van der Waals surface area contributed by atoms with Gasteiger partial charge in [0.15, 0.2) is 0 Å². The fraction of sp³-hybridized carbons (Fsp3) is 0.500. The summed E-state index contributed by atoms with van der Waals surface area (Å²) in [4.78, 5) is 1.23. The molecule has 0 N–H and O–H groups in total. The second-order valence-electron chi connectivity index (χ2n) is 0.644. The molecular formula is C2HCl3Fe. The summed E-state index contributed by atoms with van der Waals surface area (Å²) in [5, 5.41) is 0. The summed E-state index contributed by atoms with van der Waals surface area (Å²) in [7, 11) is 0. The van der Waals surface area contributed by atoms with Gasteiger partial charge in [-0.25, -0.2) is 0 Å². The zero-order chi connectivity index (χ0) is 5.21. The second-order valence-corrected chi connectivity index (χ2v) is 3.33. The molecule has 0 radical (unpaired) electrons. The molecule has 0 bridgehead atoms. The van der Waals surface area contributed by atoms with E-state index in [9.17, 15) is 0 Å². The summed E-state index contributed by atoms with van der Waals surface area (Å²) in [6.45, 7) is 0. The molecule has 0 saturated carbocycles. The van der Waals surface area contributed by atoms with E-state index in [0.717, 1.165) is 0 Å². The van der Waals surface area contributed by atoms with Gasteiger partial charge < -0.3 is 0 Å². The van der Waals surface area contributed by atoms with E-state index in [1.165, 1.54) is 4.92 Å². The van der Waals surface area contributed by atoms with Gasteiger partial charge in [0.1, 0.15) is 0 Å². The summed E-state index contributed by atoms with van der Waals surface area (Å²) < 4.78 is -1.28. The van der Waals surface area contributed by atoms with Crippen LogP contribution < -0.4 is 0 Å². The van der Waals surface area contributed by atoms with E-state index in [4.69, 9.17) is 34.8 Å². The van der Waals surface area contributed by atoms with Crippen LogP contribution in [0.1, 0.15) is 0 Å². The first-order valence-corrected chi connectivity index (χ1v) is 2.83. The van der Waals surface area contributed by atoms with E-state index in [-0.39, 0.29) is 0 Å². The zero-order valence-corrected chi connectivity index (χ0v) is 5.94. The summed E-state index contributed by atoms with van der Waals surface area (Å²) in [5.41, 5.74) is 0. The Morgan fingerprint density at radius 1 is 1.33 bits per heavy atom. The van der Waals surface area contributed by atoms with Crippen LogP contribution in [0.15, 0.2) is 0 Å². The summed E-state index contributed by atoms with van der Waals surface area (Å²) in [6, 6.07) is 0. The Balaban J connectivity index is 3.45. The van der Waals surface area contributed by atoms with Crippen molar-refractivity contribution in [2.75, 3.05) is 0 Å². The fourth-order valence-electron chi connectivity index (χ4n) is 0. The van der Waals surface area contributed by atoms with Crippen molar-refractivity contribution in [2.24, 2.45) is 0 Å². The van der Waals surface area contributed by atoms with Crippen molar-refractivity contribution < 1.29 is 15.6 Å². The van der Waals surface area contributed by atoms with Crippen molar-refractivity contribution in [3.63, 3.8) is 0 Å². The molecule has 0 rings (SSSR count). The number of hydrogen-bond acceptors (Lipinski definition) is 0. The van der Waals surface area contributed by atoms with Crippen LogP contribution in [0.5, 0.6) is 0 Å². The van der Waals surface area contributed by atoms with Crippen molar-refractivity contribution >= 4 is 39.7 Å². The molecule has 6 heavy (non-hydrogen) atoms. The number of hydrogen-bond donors (Lipinski definition) is 0. The average Bonchev–Trinajstić information content (AvgIpc) is 1.35. The van der Waals surface area contributed by atoms with E-state index < -0.39 is 3.79 Å². The maximum absolute atomic E-state index is 5.13. The van der Waals surface area contributed by atoms with E-state index >= 15 is 0 Å². The molecule has 0 aliphatic rings. The Bertz CT molecular complexity index is 54.3. The summed E-state index contributed by atoms with van der Waals surface area (Å²) >= 11 is 18.6. The molecule has 0 heterocycles. The Morgan fingerprint density at radius 3 is 1.50 bits per heavy atom. The van der Waals surface area contributed by atoms with Crippen molar-refractivity contribution in [1.82, 2.24) is 0 Å². The molecule has 0 aromatic heterocycles. The zero-order valence-electron chi connectivity index (χ0n) is 2.56. The Hall–Kier alpha value is 1.26. The van der Waals surface area contributed by atoms with Gasteiger partial charge in [0.2, 0.25) is 0 Å². The third kappa shape index (κ3) is 5.26. The van der Waals surface area contributed by atoms with Crippen LogP contribution in [-0.2, 0) is 15.6 Å². The van der Waals surface area contributed by atoms with Gasteiger partial charge in [-0.15, -0.1) is 0 Å². The van der Waals surface area contributed by atoms with E-state index in [1.54, 1.807) is 0 Å². The summed E-state index contributed by atoms with van der Waals surface area (Å²) in [5.74, 6) is 0. The molecule has 0 unspecified atom stereocenters. The molecule has 0 fully saturated rings. The number of halogens is 3. The van der Waals surface area contributed by atoms with Crippen LogP contribution in [0.3, 0.4) is 0 Å². The minimum absolute atomic E-state index is 1.23. The molecule has 0 nitrogen and oxygen atoms in total. The van der Waals surface area contributed by atoms with Gasteiger partial charge >= 0.3 is 59.1 Å². The maximum atomic E-state index is 5.13. The fourth-order valence-corrected chi connectivity index (χ4v) is 0. The third-order valence-corrected chi connectivity index (χ3v) is 1.43. The molecule has 0 aliphatic carbocycles. The van der Waals surface area contributed by atoms with Crippen LogP contribution in [0.4, 0.5) is 0 Å². The van der Waals surface area contributed by atoms with Gasteiger partial charge in [0.05, 0.1) is 0 Å². The Labute approximate surface area is 59.1 Å². The molecule has 0 aliphatic heterocycles. The standard InChI is InChI=1S/C2HCl3.Fe/c1-2(3,4)5;/h1H;. The van der Waals surface area contributed by atoms with Crippen molar-refractivity contribution in [2.45, 2.75) is 3.79 Å². The molecular weight excluding hydrogens is 186 g/mol. The topological polar surface area (TPSA) is 0 Å². The van der Waals surface area contributed by atoms with E-state index in [0.29, 0.717) is 0 Å². The van der Waals surface area contributed by atoms with Gasteiger partial charge in [-0.1, -0.05) is 0 Å². The van der Waals surface area contributed by atoms with E-state index in [2.05, 4.69) is 15.6 Å². The van der Waals surface area contributed by atoms with Gasteiger partial charge in [-0.3, -0.25) is 0 Å². The first kappa shape index (κ1) is 7.26. The van der Waals surface area contributed by atoms with Crippen LogP contribution in [0, 0.1) is 0 Å². The number of alkyl halides is 3.